The first-order valence-corrected chi connectivity index (χ1v) is 10.7. The number of amides is 2. The molecule has 0 saturated carbocycles. The third kappa shape index (κ3) is 4.02. The van der Waals surface area contributed by atoms with E-state index in [1.165, 1.54) is 0 Å². The molecular weight excluding hydrogens is 384 g/mol. The molecule has 0 saturated heterocycles. The summed E-state index contributed by atoms with van der Waals surface area (Å²) in [7, 11) is 0. The Morgan fingerprint density at radius 1 is 0.581 bits per heavy atom. The van der Waals surface area contributed by atoms with Crippen molar-refractivity contribution in [2.24, 2.45) is 0 Å². The van der Waals surface area contributed by atoms with Gasteiger partial charge < -0.3 is 9.80 Å². The fourth-order valence-corrected chi connectivity index (χ4v) is 4.17. The van der Waals surface area contributed by atoms with Crippen molar-refractivity contribution in [2.45, 2.75) is 20.3 Å². The summed E-state index contributed by atoms with van der Waals surface area (Å²) in [5.74, 6) is -0.384. The van der Waals surface area contributed by atoms with Gasteiger partial charge in [-0.2, -0.15) is 0 Å². The molecule has 0 spiro atoms. The highest BCUT2D eigenvalue weighted by Gasteiger charge is 2.23. The van der Waals surface area contributed by atoms with Crippen molar-refractivity contribution in [3.63, 3.8) is 0 Å². The Morgan fingerprint density at radius 2 is 0.968 bits per heavy atom. The molecule has 156 valence electrons. The third-order valence-corrected chi connectivity index (χ3v) is 5.65. The molecule has 4 heteroatoms. The SMILES string of the molecule is CCN(C(=O)CC(=O)N(CC)c1cccc2ccccc12)c1cccc2ccccc12. The van der Waals surface area contributed by atoms with Crippen LogP contribution in [-0.4, -0.2) is 24.9 Å². The van der Waals surface area contributed by atoms with Crippen LogP contribution in [0.4, 0.5) is 11.4 Å². The molecule has 0 fully saturated rings. The Balaban J connectivity index is 1.62. The van der Waals surface area contributed by atoms with Crippen LogP contribution in [0.25, 0.3) is 21.5 Å². The van der Waals surface area contributed by atoms with Gasteiger partial charge in [0.15, 0.2) is 0 Å². The van der Waals surface area contributed by atoms with Crippen molar-refractivity contribution in [1.29, 1.82) is 0 Å². The van der Waals surface area contributed by atoms with E-state index in [9.17, 15) is 9.59 Å². The number of anilines is 2. The Morgan fingerprint density at radius 3 is 1.39 bits per heavy atom. The van der Waals surface area contributed by atoms with E-state index in [1.807, 2.05) is 98.8 Å². The quantitative estimate of drug-likeness (QED) is 0.378. The molecule has 0 aliphatic heterocycles. The molecule has 0 aliphatic rings. The Hall–Kier alpha value is -3.66. The minimum absolute atomic E-state index is 0.172. The van der Waals surface area contributed by atoms with E-state index < -0.39 is 0 Å². The van der Waals surface area contributed by atoms with E-state index in [0.717, 1.165) is 32.9 Å². The molecule has 0 bridgehead atoms. The molecule has 0 radical (unpaired) electrons. The number of hydrogen-bond donors (Lipinski definition) is 0. The van der Waals surface area contributed by atoms with Gasteiger partial charge >= 0.3 is 0 Å². The predicted molar refractivity (Wildman–Crippen MR) is 129 cm³/mol. The smallest absolute Gasteiger partial charge is 0.236 e. The van der Waals surface area contributed by atoms with Crippen LogP contribution >= 0.6 is 0 Å². The summed E-state index contributed by atoms with van der Waals surface area (Å²) >= 11 is 0. The van der Waals surface area contributed by atoms with Gasteiger partial charge in [-0.05, 0) is 36.8 Å². The summed E-state index contributed by atoms with van der Waals surface area (Å²) in [6.07, 6.45) is -0.172. The van der Waals surface area contributed by atoms with E-state index in [2.05, 4.69) is 0 Å². The van der Waals surface area contributed by atoms with Gasteiger partial charge in [0, 0.05) is 23.9 Å². The number of benzene rings is 4. The molecule has 4 aromatic rings. The maximum Gasteiger partial charge on any atom is 0.236 e. The fourth-order valence-electron chi connectivity index (χ4n) is 4.17. The first-order valence-electron chi connectivity index (χ1n) is 10.7. The van der Waals surface area contributed by atoms with Gasteiger partial charge in [-0.25, -0.2) is 0 Å². The number of nitrogens with zero attached hydrogens (tertiary/aromatic N) is 2. The zero-order valence-electron chi connectivity index (χ0n) is 17.9. The summed E-state index contributed by atoms with van der Waals surface area (Å²) in [4.78, 5) is 29.9. The van der Waals surface area contributed by atoms with Crippen LogP contribution in [0.5, 0.6) is 0 Å². The van der Waals surface area contributed by atoms with Crippen LogP contribution in [0.3, 0.4) is 0 Å². The molecule has 0 atom stereocenters. The average molecular weight is 411 g/mol. The van der Waals surface area contributed by atoms with Crippen molar-refractivity contribution in [3.05, 3.63) is 84.9 Å². The number of hydrogen-bond acceptors (Lipinski definition) is 2. The molecule has 4 aromatic carbocycles. The standard InChI is InChI=1S/C27H26N2O2/c1-3-28(24-17-9-13-20-11-5-7-15-22(20)24)26(30)19-27(31)29(4-2)25-18-10-14-21-12-6-8-16-23(21)25/h5-18H,3-4,19H2,1-2H3. The maximum absolute atomic E-state index is 13.2. The van der Waals surface area contributed by atoms with Crippen molar-refractivity contribution >= 4 is 44.7 Å². The van der Waals surface area contributed by atoms with Gasteiger partial charge in [0.05, 0.1) is 11.4 Å². The van der Waals surface area contributed by atoms with E-state index in [1.54, 1.807) is 9.80 Å². The molecule has 0 aliphatic carbocycles. The average Bonchev–Trinajstić information content (AvgIpc) is 2.80. The van der Waals surface area contributed by atoms with Crippen LogP contribution in [0.2, 0.25) is 0 Å². The Bertz CT molecular complexity index is 1140. The normalized spacial score (nSPS) is 10.9. The van der Waals surface area contributed by atoms with Gasteiger partial charge in [-0.1, -0.05) is 72.8 Å². The molecule has 0 aromatic heterocycles. The Labute approximate surface area is 182 Å². The van der Waals surface area contributed by atoms with Gasteiger partial charge in [0.25, 0.3) is 0 Å². The number of carbonyl (C=O) groups is 2. The molecule has 4 rings (SSSR count). The number of fused-ring (bicyclic) bond motifs is 2. The first-order chi connectivity index (χ1) is 15.1. The van der Waals surface area contributed by atoms with Gasteiger partial charge in [-0.3, -0.25) is 9.59 Å². The molecular formula is C27H26N2O2. The van der Waals surface area contributed by atoms with Crippen molar-refractivity contribution in [3.8, 4) is 0 Å². The summed E-state index contributed by atoms with van der Waals surface area (Å²) in [5, 5.41) is 4.16. The largest absolute Gasteiger partial charge is 0.312 e. The maximum atomic E-state index is 13.2. The van der Waals surface area contributed by atoms with Crippen molar-refractivity contribution in [2.75, 3.05) is 22.9 Å². The zero-order valence-corrected chi connectivity index (χ0v) is 17.9. The zero-order chi connectivity index (χ0) is 21.8. The van der Waals surface area contributed by atoms with E-state index in [-0.39, 0.29) is 18.2 Å². The minimum Gasteiger partial charge on any atom is -0.312 e. The highest BCUT2D eigenvalue weighted by atomic mass is 16.2. The monoisotopic (exact) mass is 410 g/mol. The third-order valence-electron chi connectivity index (χ3n) is 5.65. The topological polar surface area (TPSA) is 40.6 Å². The van der Waals surface area contributed by atoms with Gasteiger partial charge in [0.1, 0.15) is 6.42 Å². The van der Waals surface area contributed by atoms with E-state index in [4.69, 9.17) is 0 Å². The van der Waals surface area contributed by atoms with Crippen molar-refractivity contribution in [1.82, 2.24) is 0 Å². The van der Waals surface area contributed by atoms with Crippen LogP contribution in [-0.2, 0) is 9.59 Å². The molecule has 31 heavy (non-hydrogen) atoms. The van der Waals surface area contributed by atoms with E-state index >= 15 is 0 Å². The van der Waals surface area contributed by atoms with Crippen LogP contribution < -0.4 is 9.80 Å². The predicted octanol–water partition coefficient (Wildman–Crippen LogP) is 5.79. The summed E-state index contributed by atoms with van der Waals surface area (Å²) in [6.45, 7) is 4.87. The second kappa shape index (κ2) is 9.00. The highest BCUT2D eigenvalue weighted by Crippen LogP contribution is 2.29. The summed E-state index contributed by atoms with van der Waals surface area (Å²) < 4.78 is 0. The van der Waals surface area contributed by atoms with Crippen LogP contribution in [0, 0.1) is 0 Å². The van der Waals surface area contributed by atoms with Crippen LogP contribution in [0.1, 0.15) is 20.3 Å². The van der Waals surface area contributed by atoms with E-state index in [0.29, 0.717) is 13.1 Å². The fraction of sp³-hybridized carbons (Fsp3) is 0.185. The molecule has 4 nitrogen and oxygen atoms in total. The molecule has 0 heterocycles. The molecule has 2 amide bonds. The Kier molecular flexibility index (Phi) is 5.99. The first kappa shape index (κ1) is 20.6. The van der Waals surface area contributed by atoms with Gasteiger partial charge in [0.2, 0.25) is 11.8 Å². The lowest BCUT2D eigenvalue weighted by Gasteiger charge is -2.26. The number of rotatable bonds is 6. The summed E-state index contributed by atoms with van der Waals surface area (Å²) in [5.41, 5.74) is 1.68. The van der Waals surface area contributed by atoms with Crippen LogP contribution in [0.15, 0.2) is 84.9 Å². The van der Waals surface area contributed by atoms with Crippen molar-refractivity contribution < 1.29 is 9.59 Å². The lowest BCUT2D eigenvalue weighted by Crippen LogP contribution is -2.38. The lowest BCUT2D eigenvalue weighted by molar-refractivity contribution is -0.126. The lowest BCUT2D eigenvalue weighted by atomic mass is 10.1. The number of carbonyl (C=O) groups excluding carboxylic acids is 2. The summed E-state index contributed by atoms with van der Waals surface area (Å²) in [6, 6.07) is 27.8. The molecule has 0 N–H and O–H groups in total. The second-order valence-electron chi connectivity index (χ2n) is 7.45. The highest BCUT2D eigenvalue weighted by molar-refractivity contribution is 6.14. The minimum atomic E-state index is -0.192. The van der Waals surface area contributed by atoms with Gasteiger partial charge in [-0.15, -0.1) is 0 Å². The second-order valence-corrected chi connectivity index (χ2v) is 7.45. The molecule has 0 unspecified atom stereocenters.